The molecule has 0 aromatic carbocycles. The molecule has 0 spiro atoms. The van der Waals surface area contributed by atoms with Gasteiger partial charge < -0.3 is 19.5 Å². The van der Waals surface area contributed by atoms with Crippen molar-refractivity contribution in [2.45, 2.75) is 65.5 Å². The highest BCUT2D eigenvalue weighted by molar-refractivity contribution is 5.71. The van der Waals surface area contributed by atoms with E-state index in [-0.39, 0.29) is 24.0 Å². The highest BCUT2D eigenvalue weighted by Gasteiger charge is 2.34. The van der Waals surface area contributed by atoms with Gasteiger partial charge in [-0.3, -0.25) is 9.59 Å². The molecule has 0 aromatic rings. The highest BCUT2D eigenvalue weighted by Crippen LogP contribution is 2.29. The molecule has 1 fully saturated rings. The summed E-state index contributed by atoms with van der Waals surface area (Å²) in [5, 5.41) is 8.90. The maximum atomic E-state index is 11.8. The molecule has 0 aromatic heterocycles. The molecule has 0 heterocycles. The summed E-state index contributed by atoms with van der Waals surface area (Å²) in [5.41, 5.74) is -0.518. The van der Waals surface area contributed by atoms with E-state index >= 15 is 0 Å². The van der Waals surface area contributed by atoms with Gasteiger partial charge >= 0.3 is 18.0 Å². The van der Waals surface area contributed by atoms with E-state index in [2.05, 4.69) is 4.74 Å². The van der Waals surface area contributed by atoms with Crippen LogP contribution in [0.1, 0.15) is 53.9 Å². The predicted octanol–water partition coefficient (Wildman–Crippen LogP) is 2.68. The monoisotopic (exact) mass is 331 g/mol. The van der Waals surface area contributed by atoms with Crippen LogP contribution in [0.25, 0.3) is 0 Å². The van der Waals surface area contributed by atoms with Crippen molar-refractivity contribution in [1.82, 2.24) is 4.90 Å². The SMILES string of the molecule is CCOC(C)=O.CN(C(=O)OC(C)(C)C)C1CCC(C(=O)O)C1. The molecule has 1 saturated carbocycles. The fourth-order valence-electron chi connectivity index (χ4n) is 2.22. The molecule has 1 amide bonds. The van der Waals surface area contributed by atoms with Crippen LogP contribution in [0, 0.1) is 5.92 Å². The summed E-state index contributed by atoms with van der Waals surface area (Å²) in [7, 11) is 1.67. The number of hydrogen-bond acceptors (Lipinski definition) is 5. The number of carbonyl (C=O) groups is 3. The van der Waals surface area contributed by atoms with Gasteiger partial charge in [0.1, 0.15) is 5.60 Å². The Morgan fingerprint density at radius 3 is 2.09 bits per heavy atom. The van der Waals surface area contributed by atoms with E-state index in [4.69, 9.17) is 9.84 Å². The smallest absolute Gasteiger partial charge is 0.410 e. The molecule has 0 saturated heterocycles. The van der Waals surface area contributed by atoms with Crippen molar-refractivity contribution in [2.75, 3.05) is 13.7 Å². The average Bonchev–Trinajstić information content (AvgIpc) is 2.85. The van der Waals surface area contributed by atoms with E-state index < -0.39 is 11.6 Å². The van der Waals surface area contributed by atoms with Crippen LogP contribution in [0.15, 0.2) is 0 Å². The van der Waals surface area contributed by atoms with Gasteiger partial charge in [0.2, 0.25) is 0 Å². The molecule has 134 valence electrons. The zero-order valence-corrected chi connectivity index (χ0v) is 14.9. The quantitative estimate of drug-likeness (QED) is 0.799. The third-order valence-electron chi connectivity index (χ3n) is 3.33. The van der Waals surface area contributed by atoms with Crippen molar-refractivity contribution in [2.24, 2.45) is 5.92 Å². The molecule has 2 atom stereocenters. The van der Waals surface area contributed by atoms with Gasteiger partial charge in [-0.25, -0.2) is 4.79 Å². The number of carboxylic acid groups (broad SMARTS) is 1. The van der Waals surface area contributed by atoms with Crippen molar-refractivity contribution >= 4 is 18.0 Å². The van der Waals surface area contributed by atoms with E-state index in [0.717, 1.165) is 6.42 Å². The molecule has 2 unspecified atom stereocenters. The molecule has 1 aliphatic carbocycles. The molecule has 0 radical (unpaired) electrons. The Labute approximate surface area is 137 Å². The molecule has 0 aliphatic heterocycles. The minimum atomic E-state index is -0.773. The number of nitrogens with zero attached hydrogens (tertiary/aromatic N) is 1. The van der Waals surface area contributed by atoms with Gasteiger partial charge in [-0.2, -0.15) is 0 Å². The van der Waals surface area contributed by atoms with Crippen LogP contribution in [0.4, 0.5) is 4.79 Å². The summed E-state index contributed by atoms with van der Waals surface area (Å²) in [4.78, 5) is 34.0. The van der Waals surface area contributed by atoms with Gasteiger partial charge in [0.05, 0.1) is 12.5 Å². The predicted molar refractivity (Wildman–Crippen MR) is 85.1 cm³/mol. The minimum absolute atomic E-state index is 0.0223. The summed E-state index contributed by atoms with van der Waals surface area (Å²) in [5.74, 6) is -1.31. The molecule has 7 nitrogen and oxygen atoms in total. The molecule has 1 aliphatic rings. The van der Waals surface area contributed by atoms with E-state index in [0.29, 0.717) is 19.4 Å². The van der Waals surface area contributed by atoms with Gasteiger partial charge in [0.15, 0.2) is 0 Å². The van der Waals surface area contributed by atoms with Crippen LogP contribution in [0.2, 0.25) is 0 Å². The zero-order chi connectivity index (χ0) is 18.2. The Morgan fingerprint density at radius 1 is 1.22 bits per heavy atom. The van der Waals surface area contributed by atoms with Crippen LogP contribution < -0.4 is 0 Å². The summed E-state index contributed by atoms with van der Waals surface area (Å²) in [6.07, 6.45) is 1.50. The summed E-state index contributed by atoms with van der Waals surface area (Å²) in [6, 6.07) is -0.0223. The van der Waals surface area contributed by atoms with Gasteiger partial charge in [0.25, 0.3) is 0 Å². The largest absolute Gasteiger partial charge is 0.481 e. The number of hydrogen-bond donors (Lipinski definition) is 1. The Hall–Kier alpha value is -1.79. The van der Waals surface area contributed by atoms with Gasteiger partial charge in [0, 0.05) is 20.0 Å². The minimum Gasteiger partial charge on any atom is -0.481 e. The van der Waals surface area contributed by atoms with Crippen LogP contribution >= 0.6 is 0 Å². The number of carbonyl (C=O) groups excluding carboxylic acids is 2. The second-order valence-corrected chi connectivity index (χ2v) is 6.52. The van der Waals surface area contributed by atoms with E-state index in [9.17, 15) is 14.4 Å². The first-order chi connectivity index (χ1) is 10.5. The number of ether oxygens (including phenoxy) is 2. The van der Waals surface area contributed by atoms with Gasteiger partial charge in [-0.05, 0) is 47.0 Å². The van der Waals surface area contributed by atoms with Crippen LogP contribution in [-0.4, -0.2) is 53.3 Å². The number of esters is 1. The zero-order valence-electron chi connectivity index (χ0n) is 14.9. The second kappa shape index (κ2) is 9.37. The summed E-state index contributed by atoms with van der Waals surface area (Å²) in [6.45, 7) is 9.09. The van der Waals surface area contributed by atoms with Gasteiger partial charge in [-0.1, -0.05) is 0 Å². The van der Waals surface area contributed by atoms with Crippen molar-refractivity contribution in [3.8, 4) is 0 Å². The second-order valence-electron chi connectivity index (χ2n) is 6.52. The first-order valence-electron chi connectivity index (χ1n) is 7.79. The van der Waals surface area contributed by atoms with E-state index in [1.807, 2.05) is 20.8 Å². The topological polar surface area (TPSA) is 93.1 Å². The Balaban J connectivity index is 0.000000688. The normalized spacial score (nSPS) is 20.1. The molecular formula is C16H29NO6. The number of aliphatic carboxylic acids is 1. The molecule has 7 heteroatoms. The third-order valence-corrected chi connectivity index (χ3v) is 3.33. The summed E-state index contributed by atoms with van der Waals surface area (Å²) >= 11 is 0. The third kappa shape index (κ3) is 9.05. The fourth-order valence-corrected chi connectivity index (χ4v) is 2.22. The van der Waals surface area contributed by atoms with Crippen molar-refractivity contribution in [1.29, 1.82) is 0 Å². The summed E-state index contributed by atoms with van der Waals surface area (Å²) < 4.78 is 9.65. The van der Waals surface area contributed by atoms with Crippen LogP contribution in [0.5, 0.6) is 0 Å². The Kier molecular flexibility index (Phi) is 8.64. The van der Waals surface area contributed by atoms with E-state index in [1.165, 1.54) is 11.8 Å². The molecule has 23 heavy (non-hydrogen) atoms. The lowest BCUT2D eigenvalue weighted by molar-refractivity contribution is -0.142. The average molecular weight is 331 g/mol. The van der Waals surface area contributed by atoms with Crippen molar-refractivity contribution in [3.63, 3.8) is 0 Å². The van der Waals surface area contributed by atoms with Crippen molar-refractivity contribution < 1.29 is 29.0 Å². The number of rotatable bonds is 3. The Bertz CT molecular complexity index is 415. The van der Waals surface area contributed by atoms with Crippen molar-refractivity contribution in [3.05, 3.63) is 0 Å². The molecule has 1 rings (SSSR count). The van der Waals surface area contributed by atoms with Crippen LogP contribution in [-0.2, 0) is 19.1 Å². The molecule has 1 N–H and O–H groups in total. The lowest BCUT2D eigenvalue weighted by atomic mass is 10.1. The maximum absolute atomic E-state index is 11.8. The molecule has 0 bridgehead atoms. The fraction of sp³-hybridized carbons (Fsp3) is 0.812. The Morgan fingerprint density at radius 2 is 1.78 bits per heavy atom. The molecular weight excluding hydrogens is 302 g/mol. The number of carboxylic acids is 1. The number of amides is 1. The first kappa shape index (κ1) is 21.2. The first-order valence-corrected chi connectivity index (χ1v) is 7.79. The van der Waals surface area contributed by atoms with E-state index in [1.54, 1.807) is 14.0 Å². The maximum Gasteiger partial charge on any atom is 0.410 e. The van der Waals surface area contributed by atoms with Gasteiger partial charge in [-0.15, -0.1) is 0 Å². The lowest BCUT2D eigenvalue weighted by Gasteiger charge is -2.28. The van der Waals surface area contributed by atoms with Crippen LogP contribution in [0.3, 0.4) is 0 Å². The standard InChI is InChI=1S/C12H21NO4.C4H8O2/c1-12(2,3)17-11(16)13(4)9-6-5-8(7-9)10(14)15;1-3-6-4(2)5/h8-9H,5-7H2,1-4H3,(H,14,15);3H2,1-2H3. The highest BCUT2D eigenvalue weighted by atomic mass is 16.6. The lowest BCUT2D eigenvalue weighted by Crippen LogP contribution is -2.39.